The zero-order chi connectivity index (χ0) is 14.7. The SMILES string of the molecule is NNC(Cc1ccc(F)cc1F)c1ccc(Cl)c(Br)c1. The molecule has 1 unspecified atom stereocenters. The second kappa shape index (κ2) is 6.63. The number of nitrogens with two attached hydrogens (primary N) is 1. The van der Waals surface area contributed by atoms with Gasteiger partial charge in [0.15, 0.2) is 0 Å². The van der Waals surface area contributed by atoms with Crippen molar-refractivity contribution < 1.29 is 8.78 Å². The third kappa shape index (κ3) is 3.55. The molecule has 2 aromatic carbocycles. The lowest BCUT2D eigenvalue weighted by molar-refractivity contribution is 0.522. The molecule has 0 heterocycles. The molecule has 0 fully saturated rings. The molecule has 20 heavy (non-hydrogen) atoms. The average Bonchev–Trinajstić information content (AvgIpc) is 2.41. The fourth-order valence-corrected chi connectivity index (χ4v) is 2.42. The lowest BCUT2D eigenvalue weighted by Crippen LogP contribution is -2.29. The largest absolute Gasteiger partial charge is 0.271 e. The first-order valence-electron chi connectivity index (χ1n) is 5.86. The zero-order valence-electron chi connectivity index (χ0n) is 10.3. The topological polar surface area (TPSA) is 38.0 Å². The Balaban J connectivity index is 2.26. The number of hydrazine groups is 1. The maximum Gasteiger partial charge on any atom is 0.129 e. The van der Waals surface area contributed by atoms with Crippen LogP contribution >= 0.6 is 27.5 Å². The molecular weight excluding hydrogens is 350 g/mol. The molecule has 0 aromatic heterocycles. The minimum absolute atomic E-state index is 0.302. The lowest BCUT2D eigenvalue weighted by Gasteiger charge is -2.17. The Labute approximate surface area is 129 Å². The van der Waals surface area contributed by atoms with E-state index in [1.165, 1.54) is 12.1 Å². The predicted octanol–water partition coefficient (Wildman–Crippen LogP) is 4.13. The van der Waals surface area contributed by atoms with Crippen molar-refractivity contribution in [2.45, 2.75) is 12.5 Å². The molecule has 2 nitrogen and oxygen atoms in total. The van der Waals surface area contributed by atoms with E-state index in [1.807, 2.05) is 6.07 Å². The van der Waals surface area contributed by atoms with Gasteiger partial charge in [-0.05, 0) is 51.7 Å². The van der Waals surface area contributed by atoms with Crippen molar-refractivity contribution in [1.82, 2.24) is 5.43 Å². The maximum absolute atomic E-state index is 13.7. The van der Waals surface area contributed by atoms with E-state index in [0.29, 0.717) is 17.0 Å². The Kier molecular flexibility index (Phi) is 5.10. The molecule has 0 spiro atoms. The summed E-state index contributed by atoms with van der Waals surface area (Å²) < 4.78 is 27.3. The molecule has 0 saturated heterocycles. The van der Waals surface area contributed by atoms with Gasteiger partial charge in [0.05, 0.1) is 11.1 Å². The van der Waals surface area contributed by atoms with Crippen LogP contribution in [-0.2, 0) is 6.42 Å². The van der Waals surface area contributed by atoms with Crippen LogP contribution in [0.4, 0.5) is 8.78 Å². The van der Waals surface area contributed by atoms with Crippen LogP contribution in [0.3, 0.4) is 0 Å². The Morgan fingerprint density at radius 2 is 1.95 bits per heavy atom. The van der Waals surface area contributed by atoms with Crippen LogP contribution in [0.25, 0.3) is 0 Å². The van der Waals surface area contributed by atoms with Gasteiger partial charge in [-0.25, -0.2) is 8.78 Å². The summed E-state index contributed by atoms with van der Waals surface area (Å²) in [6.45, 7) is 0. The summed E-state index contributed by atoms with van der Waals surface area (Å²) >= 11 is 9.26. The molecule has 0 bridgehead atoms. The summed E-state index contributed by atoms with van der Waals surface area (Å²) in [6, 6.07) is 8.55. The van der Waals surface area contributed by atoms with E-state index >= 15 is 0 Å². The second-order valence-corrected chi connectivity index (χ2v) is 5.59. The van der Waals surface area contributed by atoms with E-state index in [1.54, 1.807) is 12.1 Å². The van der Waals surface area contributed by atoms with Crippen LogP contribution in [0.2, 0.25) is 5.02 Å². The van der Waals surface area contributed by atoms with Crippen molar-refractivity contribution in [3.8, 4) is 0 Å². The molecule has 0 aliphatic rings. The Bertz CT molecular complexity index is 622. The van der Waals surface area contributed by atoms with Crippen molar-refractivity contribution in [2.75, 3.05) is 0 Å². The second-order valence-electron chi connectivity index (χ2n) is 4.33. The Hall–Kier alpha value is -1.01. The van der Waals surface area contributed by atoms with Crippen LogP contribution in [0.15, 0.2) is 40.9 Å². The van der Waals surface area contributed by atoms with Crippen molar-refractivity contribution in [1.29, 1.82) is 0 Å². The summed E-state index contributed by atoms with van der Waals surface area (Å²) in [6.07, 6.45) is 0.302. The van der Waals surface area contributed by atoms with Gasteiger partial charge in [-0.1, -0.05) is 23.7 Å². The number of halogens is 4. The molecule has 106 valence electrons. The summed E-state index contributed by atoms with van der Waals surface area (Å²) in [5.41, 5.74) is 3.87. The Morgan fingerprint density at radius 1 is 1.20 bits per heavy atom. The van der Waals surface area contributed by atoms with Crippen LogP contribution in [0.1, 0.15) is 17.2 Å². The van der Waals surface area contributed by atoms with Gasteiger partial charge in [0, 0.05) is 10.5 Å². The standard InChI is InChI=1S/C14H12BrClF2N2/c15-11-5-9(2-4-12(11)16)14(20-19)6-8-1-3-10(17)7-13(8)18/h1-5,7,14,20H,6,19H2. The minimum atomic E-state index is -0.599. The van der Waals surface area contributed by atoms with Crippen molar-refractivity contribution in [3.63, 3.8) is 0 Å². The number of hydrogen-bond acceptors (Lipinski definition) is 2. The molecule has 2 rings (SSSR count). The monoisotopic (exact) mass is 360 g/mol. The lowest BCUT2D eigenvalue weighted by atomic mass is 9.99. The quantitative estimate of drug-likeness (QED) is 0.635. The number of hydrogen-bond donors (Lipinski definition) is 2. The molecular formula is C14H12BrClF2N2. The predicted molar refractivity (Wildman–Crippen MR) is 79.3 cm³/mol. The summed E-state index contributed by atoms with van der Waals surface area (Å²) in [4.78, 5) is 0. The van der Waals surface area contributed by atoms with E-state index in [4.69, 9.17) is 17.4 Å². The van der Waals surface area contributed by atoms with E-state index in [0.717, 1.165) is 16.1 Å². The van der Waals surface area contributed by atoms with E-state index < -0.39 is 11.6 Å². The highest BCUT2D eigenvalue weighted by Crippen LogP contribution is 2.27. The van der Waals surface area contributed by atoms with Crippen molar-refractivity contribution >= 4 is 27.5 Å². The third-order valence-corrected chi connectivity index (χ3v) is 4.20. The normalized spacial score (nSPS) is 12.4. The van der Waals surface area contributed by atoms with Gasteiger partial charge < -0.3 is 0 Å². The highest BCUT2D eigenvalue weighted by Gasteiger charge is 2.14. The van der Waals surface area contributed by atoms with Gasteiger partial charge in [0.1, 0.15) is 11.6 Å². The molecule has 3 N–H and O–H groups in total. The first-order chi connectivity index (χ1) is 9.51. The van der Waals surface area contributed by atoms with Crippen LogP contribution < -0.4 is 11.3 Å². The molecule has 0 aliphatic heterocycles. The van der Waals surface area contributed by atoms with Gasteiger partial charge in [0.25, 0.3) is 0 Å². The van der Waals surface area contributed by atoms with E-state index in [9.17, 15) is 8.78 Å². The number of nitrogens with one attached hydrogen (secondary N) is 1. The fraction of sp³-hybridized carbons (Fsp3) is 0.143. The van der Waals surface area contributed by atoms with Gasteiger partial charge in [0.2, 0.25) is 0 Å². The molecule has 2 aromatic rings. The molecule has 0 radical (unpaired) electrons. The smallest absolute Gasteiger partial charge is 0.129 e. The van der Waals surface area contributed by atoms with Crippen LogP contribution in [-0.4, -0.2) is 0 Å². The van der Waals surface area contributed by atoms with E-state index in [-0.39, 0.29) is 6.04 Å². The first kappa shape index (κ1) is 15.4. The number of rotatable bonds is 4. The van der Waals surface area contributed by atoms with Gasteiger partial charge in [-0.15, -0.1) is 0 Å². The third-order valence-electron chi connectivity index (χ3n) is 2.99. The minimum Gasteiger partial charge on any atom is -0.271 e. The molecule has 6 heteroatoms. The summed E-state index contributed by atoms with van der Waals surface area (Å²) in [7, 11) is 0. The first-order valence-corrected chi connectivity index (χ1v) is 7.03. The maximum atomic E-state index is 13.7. The molecule has 1 atom stereocenters. The van der Waals surface area contributed by atoms with Gasteiger partial charge in [-0.3, -0.25) is 11.3 Å². The average molecular weight is 362 g/mol. The summed E-state index contributed by atoms with van der Waals surface area (Å²) in [5.74, 6) is 4.34. The van der Waals surface area contributed by atoms with E-state index in [2.05, 4.69) is 21.4 Å². The number of benzene rings is 2. The zero-order valence-corrected chi connectivity index (χ0v) is 12.7. The van der Waals surface area contributed by atoms with Crippen molar-refractivity contribution in [2.24, 2.45) is 5.84 Å². The van der Waals surface area contributed by atoms with Crippen LogP contribution in [0, 0.1) is 11.6 Å². The van der Waals surface area contributed by atoms with Crippen LogP contribution in [0.5, 0.6) is 0 Å². The highest BCUT2D eigenvalue weighted by atomic mass is 79.9. The highest BCUT2D eigenvalue weighted by molar-refractivity contribution is 9.10. The molecule has 0 aliphatic carbocycles. The fourth-order valence-electron chi connectivity index (χ4n) is 1.91. The summed E-state index contributed by atoms with van der Waals surface area (Å²) in [5, 5.41) is 0.581. The molecule has 0 amide bonds. The molecule has 0 saturated carbocycles. The van der Waals surface area contributed by atoms with Gasteiger partial charge in [-0.2, -0.15) is 0 Å². The van der Waals surface area contributed by atoms with Gasteiger partial charge >= 0.3 is 0 Å². The Morgan fingerprint density at radius 3 is 2.55 bits per heavy atom. The van der Waals surface area contributed by atoms with Crippen molar-refractivity contribution in [3.05, 3.63) is 68.7 Å².